The first kappa shape index (κ1) is 12.1. The molecule has 2 saturated carbocycles. The van der Waals surface area contributed by atoms with E-state index in [1.165, 1.54) is 19.3 Å². The van der Waals surface area contributed by atoms with Gasteiger partial charge < -0.3 is 5.11 Å². The van der Waals surface area contributed by atoms with Crippen molar-refractivity contribution < 1.29 is 9.90 Å². The topological polar surface area (TPSA) is 37.3 Å². The molecular weight excluding hydrogens is 200 g/mol. The summed E-state index contributed by atoms with van der Waals surface area (Å²) < 4.78 is 0. The Hall–Kier alpha value is -0.370. The van der Waals surface area contributed by atoms with Gasteiger partial charge >= 0.3 is 0 Å². The molecule has 0 amide bonds. The van der Waals surface area contributed by atoms with Crippen molar-refractivity contribution in [3.8, 4) is 0 Å². The Morgan fingerprint density at radius 2 is 1.88 bits per heavy atom. The molecule has 0 saturated heterocycles. The second kappa shape index (κ2) is 4.87. The van der Waals surface area contributed by atoms with Crippen LogP contribution in [0.2, 0.25) is 0 Å². The van der Waals surface area contributed by atoms with Crippen LogP contribution in [0.5, 0.6) is 0 Å². The second-order valence-corrected chi connectivity index (χ2v) is 5.94. The van der Waals surface area contributed by atoms with E-state index in [9.17, 15) is 9.90 Å². The van der Waals surface area contributed by atoms with Crippen molar-refractivity contribution >= 4 is 5.78 Å². The van der Waals surface area contributed by atoms with Crippen LogP contribution in [0.1, 0.15) is 64.7 Å². The van der Waals surface area contributed by atoms with Gasteiger partial charge in [0.2, 0.25) is 0 Å². The Morgan fingerprint density at radius 1 is 1.19 bits per heavy atom. The van der Waals surface area contributed by atoms with Gasteiger partial charge in [0.1, 0.15) is 5.78 Å². The Kier molecular flexibility index (Phi) is 3.68. The molecule has 0 bridgehead atoms. The Bertz CT molecular complexity index is 261. The van der Waals surface area contributed by atoms with Gasteiger partial charge in [-0.15, -0.1) is 0 Å². The van der Waals surface area contributed by atoms with E-state index in [4.69, 9.17) is 0 Å². The highest BCUT2D eigenvalue weighted by Crippen LogP contribution is 2.41. The lowest BCUT2D eigenvalue weighted by molar-refractivity contribution is -0.143. The number of carbonyl (C=O) groups excluding carboxylic acids is 1. The molecule has 0 aliphatic heterocycles. The lowest BCUT2D eigenvalue weighted by Crippen LogP contribution is -2.48. The van der Waals surface area contributed by atoms with Crippen LogP contribution in [-0.2, 0) is 4.79 Å². The lowest BCUT2D eigenvalue weighted by atomic mass is 9.67. The van der Waals surface area contributed by atoms with E-state index in [1.807, 2.05) is 0 Å². The summed E-state index contributed by atoms with van der Waals surface area (Å²) in [5, 5.41) is 10.7. The largest absolute Gasteiger partial charge is 0.389 e. The molecule has 2 aliphatic rings. The zero-order valence-electron chi connectivity index (χ0n) is 10.4. The molecule has 3 atom stereocenters. The number of hydrogen-bond acceptors (Lipinski definition) is 2. The summed E-state index contributed by atoms with van der Waals surface area (Å²) in [6, 6.07) is 0. The minimum atomic E-state index is -0.668. The first-order chi connectivity index (χ1) is 7.62. The van der Waals surface area contributed by atoms with Gasteiger partial charge in [0.05, 0.1) is 5.60 Å². The van der Waals surface area contributed by atoms with Crippen LogP contribution in [0.15, 0.2) is 0 Å². The molecule has 0 aromatic rings. The van der Waals surface area contributed by atoms with Crippen LogP contribution >= 0.6 is 0 Å². The number of carbonyl (C=O) groups is 1. The third-order valence-corrected chi connectivity index (χ3v) is 4.39. The van der Waals surface area contributed by atoms with Crippen molar-refractivity contribution in [1.29, 1.82) is 0 Å². The maximum Gasteiger partial charge on any atom is 0.139 e. The summed E-state index contributed by atoms with van der Waals surface area (Å²) in [6.07, 6.45) is 9.21. The van der Waals surface area contributed by atoms with Gasteiger partial charge in [-0.25, -0.2) is 0 Å². The molecule has 2 rings (SSSR count). The highest BCUT2D eigenvalue weighted by Gasteiger charge is 2.45. The SMILES string of the molecule is CC1CC(=O)C2CCCCCCCC2(O)C1. The van der Waals surface area contributed by atoms with Crippen molar-refractivity contribution in [3.63, 3.8) is 0 Å². The number of fused-ring (bicyclic) bond motifs is 1. The Labute approximate surface area is 98.4 Å². The van der Waals surface area contributed by atoms with Crippen LogP contribution in [0.4, 0.5) is 0 Å². The van der Waals surface area contributed by atoms with E-state index in [0.29, 0.717) is 18.1 Å². The highest BCUT2D eigenvalue weighted by atomic mass is 16.3. The Morgan fingerprint density at radius 3 is 2.69 bits per heavy atom. The van der Waals surface area contributed by atoms with Crippen LogP contribution in [0.25, 0.3) is 0 Å². The highest BCUT2D eigenvalue weighted by molar-refractivity contribution is 5.83. The molecule has 2 aliphatic carbocycles. The summed E-state index contributed by atoms with van der Waals surface area (Å²) in [4.78, 5) is 12.1. The fourth-order valence-corrected chi connectivity index (χ4v) is 3.62. The molecule has 3 unspecified atom stereocenters. The number of Topliss-reactive ketones (excluding diaryl/α,β-unsaturated/α-hetero) is 1. The molecule has 2 heteroatoms. The third kappa shape index (κ3) is 2.48. The lowest BCUT2D eigenvalue weighted by Gasteiger charge is -2.41. The van der Waals surface area contributed by atoms with Crippen LogP contribution in [0.3, 0.4) is 0 Å². The fourth-order valence-electron chi connectivity index (χ4n) is 3.62. The summed E-state index contributed by atoms with van der Waals surface area (Å²) in [5.41, 5.74) is -0.668. The van der Waals surface area contributed by atoms with Crippen molar-refractivity contribution in [2.45, 2.75) is 70.3 Å². The van der Waals surface area contributed by atoms with E-state index in [1.54, 1.807) is 0 Å². The third-order valence-electron chi connectivity index (χ3n) is 4.39. The summed E-state index contributed by atoms with van der Waals surface area (Å²) >= 11 is 0. The van der Waals surface area contributed by atoms with Gasteiger partial charge in [-0.05, 0) is 25.2 Å². The predicted molar refractivity (Wildman–Crippen MR) is 64.2 cm³/mol. The quantitative estimate of drug-likeness (QED) is 0.686. The average Bonchev–Trinajstić information content (AvgIpc) is 2.27. The van der Waals surface area contributed by atoms with Crippen LogP contribution in [0, 0.1) is 11.8 Å². The van der Waals surface area contributed by atoms with Crippen molar-refractivity contribution in [2.24, 2.45) is 11.8 Å². The number of aliphatic hydroxyl groups is 1. The van der Waals surface area contributed by atoms with Gasteiger partial charge in [-0.2, -0.15) is 0 Å². The van der Waals surface area contributed by atoms with Gasteiger partial charge in [0.15, 0.2) is 0 Å². The predicted octanol–water partition coefficient (Wildman–Crippen LogP) is 3.08. The smallest absolute Gasteiger partial charge is 0.139 e. The zero-order chi connectivity index (χ0) is 11.6. The van der Waals surface area contributed by atoms with Crippen molar-refractivity contribution in [1.82, 2.24) is 0 Å². The molecular formula is C14H24O2. The number of ketones is 1. The summed E-state index contributed by atoms with van der Waals surface area (Å²) in [6.45, 7) is 2.10. The molecule has 16 heavy (non-hydrogen) atoms. The van der Waals surface area contributed by atoms with Crippen molar-refractivity contribution in [2.75, 3.05) is 0 Å². The average molecular weight is 224 g/mol. The molecule has 1 N–H and O–H groups in total. The first-order valence-corrected chi connectivity index (χ1v) is 6.87. The molecule has 0 aromatic heterocycles. The minimum absolute atomic E-state index is 0.0539. The Balaban J connectivity index is 2.15. The fraction of sp³-hybridized carbons (Fsp3) is 0.929. The number of hydrogen-bond donors (Lipinski definition) is 1. The maximum atomic E-state index is 12.1. The van der Waals surface area contributed by atoms with E-state index in [0.717, 1.165) is 32.1 Å². The zero-order valence-corrected chi connectivity index (χ0v) is 10.4. The van der Waals surface area contributed by atoms with Gasteiger partial charge in [-0.3, -0.25) is 4.79 Å². The molecule has 0 heterocycles. The molecule has 0 radical (unpaired) electrons. The molecule has 2 nitrogen and oxygen atoms in total. The van der Waals surface area contributed by atoms with Gasteiger partial charge in [0.25, 0.3) is 0 Å². The normalized spacial score (nSPS) is 41.8. The summed E-state index contributed by atoms with van der Waals surface area (Å²) in [5.74, 6) is 0.638. The monoisotopic (exact) mass is 224 g/mol. The van der Waals surface area contributed by atoms with E-state index in [-0.39, 0.29) is 5.92 Å². The standard InChI is InChI=1S/C14H24O2/c1-11-9-13(15)12-7-5-3-2-4-6-8-14(12,16)10-11/h11-12,16H,2-10H2,1H3. The molecule has 0 spiro atoms. The van der Waals surface area contributed by atoms with Crippen LogP contribution < -0.4 is 0 Å². The number of rotatable bonds is 0. The first-order valence-electron chi connectivity index (χ1n) is 6.87. The summed E-state index contributed by atoms with van der Waals surface area (Å²) in [7, 11) is 0. The van der Waals surface area contributed by atoms with Crippen LogP contribution in [-0.4, -0.2) is 16.5 Å². The minimum Gasteiger partial charge on any atom is -0.389 e. The van der Waals surface area contributed by atoms with Gasteiger partial charge in [0, 0.05) is 12.3 Å². The molecule has 0 aromatic carbocycles. The van der Waals surface area contributed by atoms with E-state index < -0.39 is 5.60 Å². The van der Waals surface area contributed by atoms with Crippen molar-refractivity contribution in [3.05, 3.63) is 0 Å². The second-order valence-electron chi connectivity index (χ2n) is 5.94. The molecule has 2 fully saturated rings. The van der Waals surface area contributed by atoms with Gasteiger partial charge in [-0.1, -0.05) is 39.0 Å². The van der Waals surface area contributed by atoms with E-state index in [2.05, 4.69) is 6.92 Å². The molecule has 92 valence electrons. The van der Waals surface area contributed by atoms with E-state index >= 15 is 0 Å². The maximum absolute atomic E-state index is 12.1.